The molecule has 0 bridgehead atoms. The molecule has 0 fully saturated rings. The molecule has 1 aromatic rings. The number of nitrogens with zero attached hydrogens (tertiary/aromatic N) is 1. The molecular weight excluding hydrogens is 260 g/mol. The Bertz CT molecular complexity index is 417. The molecule has 0 saturated carbocycles. The van der Waals surface area contributed by atoms with Gasteiger partial charge in [-0.05, 0) is 25.0 Å². The Morgan fingerprint density at radius 1 is 1.00 bits per heavy atom. The van der Waals surface area contributed by atoms with Crippen LogP contribution in [0.5, 0.6) is 0 Å². The highest BCUT2D eigenvalue weighted by atomic mass is 16.2. The summed E-state index contributed by atoms with van der Waals surface area (Å²) in [6, 6.07) is 7.63. The van der Waals surface area contributed by atoms with Crippen molar-refractivity contribution in [3.05, 3.63) is 24.3 Å². The second-order valence-corrected chi connectivity index (χ2v) is 5.62. The Hall–Kier alpha value is -1.51. The molecule has 21 heavy (non-hydrogen) atoms. The van der Waals surface area contributed by atoms with E-state index in [1.165, 1.54) is 25.7 Å². The van der Waals surface area contributed by atoms with Crippen LogP contribution in [0.15, 0.2) is 24.3 Å². The number of anilines is 2. The molecule has 3 nitrogen and oxygen atoms in total. The van der Waals surface area contributed by atoms with Gasteiger partial charge < -0.3 is 10.6 Å². The maximum absolute atomic E-state index is 12.4. The zero-order valence-electron chi connectivity index (χ0n) is 13.6. The third-order valence-corrected chi connectivity index (χ3v) is 3.72. The van der Waals surface area contributed by atoms with E-state index >= 15 is 0 Å². The van der Waals surface area contributed by atoms with Gasteiger partial charge in [0.1, 0.15) is 0 Å². The monoisotopic (exact) mass is 290 g/mol. The lowest BCUT2D eigenvalue weighted by Gasteiger charge is -2.23. The Balaban J connectivity index is 2.49. The molecule has 1 aromatic carbocycles. The lowest BCUT2D eigenvalue weighted by Crippen LogP contribution is -2.32. The molecule has 0 heterocycles. The average molecular weight is 290 g/mol. The molecule has 0 aliphatic carbocycles. The normalized spacial score (nSPS) is 10.6. The molecule has 3 heteroatoms. The summed E-state index contributed by atoms with van der Waals surface area (Å²) >= 11 is 0. The van der Waals surface area contributed by atoms with Crippen LogP contribution in [0.3, 0.4) is 0 Å². The van der Waals surface area contributed by atoms with Crippen molar-refractivity contribution in [1.29, 1.82) is 0 Å². The van der Waals surface area contributed by atoms with Crippen molar-refractivity contribution in [2.24, 2.45) is 0 Å². The fourth-order valence-electron chi connectivity index (χ4n) is 2.53. The van der Waals surface area contributed by atoms with Crippen molar-refractivity contribution < 1.29 is 4.79 Å². The molecule has 0 aliphatic rings. The first-order valence-corrected chi connectivity index (χ1v) is 8.35. The van der Waals surface area contributed by atoms with Gasteiger partial charge in [-0.1, -0.05) is 58.1 Å². The molecule has 2 N–H and O–H groups in total. The van der Waals surface area contributed by atoms with Crippen LogP contribution in [0.1, 0.15) is 65.2 Å². The van der Waals surface area contributed by atoms with Gasteiger partial charge in [-0.25, -0.2) is 0 Å². The number of amides is 1. The zero-order chi connectivity index (χ0) is 15.5. The lowest BCUT2D eigenvalue weighted by molar-refractivity contribution is -0.118. The number of rotatable bonds is 10. The summed E-state index contributed by atoms with van der Waals surface area (Å²) in [7, 11) is 0. The topological polar surface area (TPSA) is 46.3 Å². The summed E-state index contributed by atoms with van der Waals surface area (Å²) in [5, 5.41) is 0. The van der Waals surface area contributed by atoms with Gasteiger partial charge in [0.2, 0.25) is 5.91 Å². The molecule has 0 saturated heterocycles. The Morgan fingerprint density at radius 3 is 2.33 bits per heavy atom. The lowest BCUT2D eigenvalue weighted by atomic mass is 10.1. The highest BCUT2D eigenvalue weighted by Gasteiger charge is 2.16. The van der Waals surface area contributed by atoms with E-state index < -0.39 is 0 Å². The minimum atomic E-state index is 0.199. The van der Waals surface area contributed by atoms with Gasteiger partial charge in [-0.2, -0.15) is 0 Å². The molecule has 118 valence electrons. The average Bonchev–Trinajstić information content (AvgIpc) is 2.49. The van der Waals surface area contributed by atoms with Crippen molar-refractivity contribution in [3.8, 4) is 0 Å². The minimum absolute atomic E-state index is 0.199. The maximum atomic E-state index is 12.4. The smallest absolute Gasteiger partial charge is 0.227 e. The highest BCUT2D eigenvalue weighted by Crippen LogP contribution is 2.24. The SMILES string of the molecule is CCCCCCCCC(=O)N(CCC)c1ccccc1N. The van der Waals surface area contributed by atoms with Crippen LogP contribution in [-0.4, -0.2) is 12.5 Å². The van der Waals surface area contributed by atoms with E-state index in [0.717, 1.165) is 31.5 Å². The van der Waals surface area contributed by atoms with Gasteiger partial charge >= 0.3 is 0 Å². The minimum Gasteiger partial charge on any atom is -0.397 e. The van der Waals surface area contributed by atoms with Crippen molar-refractivity contribution >= 4 is 17.3 Å². The van der Waals surface area contributed by atoms with E-state index in [1.807, 2.05) is 29.2 Å². The van der Waals surface area contributed by atoms with E-state index in [-0.39, 0.29) is 5.91 Å². The predicted octanol–water partition coefficient (Wildman–Crippen LogP) is 4.76. The number of benzene rings is 1. The third-order valence-electron chi connectivity index (χ3n) is 3.72. The number of para-hydroxylation sites is 2. The van der Waals surface area contributed by atoms with E-state index in [4.69, 9.17) is 5.73 Å². The maximum Gasteiger partial charge on any atom is 0.227 e. The Labute approximate surface area is 129 Å². The van der Waals surface area contributed by atoms with E-state index in [1.54, 1.807) is 0 Å². The molecule has 1 rings (SSSR count). The number of hydrogen-bond donors (Lipinski definition) is 1. The molecule has 1 amide bonds. The van der Waals surface area contributed by atoms with E-state index in [2.05, 4.69) is 13.8 Å². The second kappa shape index (κ2) is 10.3. The van der Waals surface area contributed by atoms with Crippen molar-refractivity contribution in [3.63, 3.8) is 0 Å². The van der Waals surface area contributed by atoms with E-state index in [0.29, 0.717) is 12.1 Å². The fourth-order valence-corrected chi connectivity index (χ4v) is 2.53. The number of unbranched alkanes of at least 4 members (excludes halogenated alkanes) is 5. The Morgan fingerprint density at radius 2 is 1.67 bits per heavy atom. The van der Waals surface area contributed by atoms with Crippen LogP contribution in [0.2, 0.25) is 0 Å². The Kier molecular flexibility index (Phi) is 8.56. The number of nitrogens with two attached hydrogens (primary N) is 1. The molecule has 0 unspecified atom stereocenters. The first kappa shape index (κ1) is 17.5. The van der Waals surface area contributed by atoms with Crippen LogP contribution in [0.25, 0.3) is 0 Å². The van der Waals surface area contributed by atoms with Gasteiger partial charge in [0.25, 0.3) is 0 Å². The van der Waals surface area contributed by atoms with Crippen LogP contribution in [0, 0.1) is 0 Å². The number of carbonyl (C=O) groups excluding carboxylic acids is 1. The van der Waals surface area contributed by atoms with Gasteiger partial charge in [0.15, 0.2) is 0 Å². The van der Waals surface area contributed by atoms with Crippen LogP contribution in [-0.2, 0) is 4.79 Å². The summed E-state index contributed by atoms with van der Waals surface area (Å²) in [5.41, 5.74) is 7.54. The number of nitrogen functional groups attached to an aromatic ring is 1. The van der Waals surface area contributed by atoms with Crippen LogP contribution >= 0.6 is 0 Å². The third kappa shape index (κ3) is 6.19. The van der Waals surface area contributed by atoms with Gasteiger partial charge in [0.05, 0.1) is 11.4 Å². The molecule has 0 aliphatic heterocycles. The predicted molar refractivity (Wildman–Crippen MR) is 91.5 cm³/mol. The summed E-state index contributed by atoms with van der Waals surface area (Å²) < 4.78 is 0. The summed E-state index contributed by atoms with van der Waals surface area (Å²) in [4.78, 5) is 14.3. The molecular formula is C18H30N2O. The first-order valence-electron chi connectivity index (χ1n) is 8.35. The largest absolute Gasteiger partial charge is 0.397 e. The van der Waals surface area contributed by atoms with Gasteiger partial charge in [-0.3, -0.25) is 4.79 Å². The summed E-state index contributed by atoms with van der Waals surface area (Å²) in [6.45, 7) is 5.05. The quantitative estimate of drug-likeness (QED) is 0.498. The molecule has 0 aromatic heterocycles. The van der Waals surface area contributed by atoms with E-state index in [9.17, 15) is 4.79 Å². The van der Waals surface area contributed by atoms with Gasteiger partial charge in [0, 0.05) is 13.0 Å². The second-order valence-electron chi connectivity index (χ2n) is 5.62. The summed E-state index contributed by atoms with van der Waals surface area (Å²) in [5.74, 6) is 0.199. The van der Waals surface area contributed by atoms with Crippen molar-refractivity contribution in [1.82, 2.24) is 0 Å². The summed E-state index contributed by atoms with van der Waals surface area (Å²) in [6.07, 6.45) is 8.78. The van der Waals surface area contributed by atoms with Crippen LogP contribution in [0.4, 0.5) is 11.4 Å². The molecule has 0 atom stereocenters. The van der Waals surface area contributed by atoms with Gasteiger partial charge in [-0.15, -0.1) is 0 Å². The highest BCUT2D eigenvalue weighted by molar-refractivity contribution is 5.96. The number of hydrogen-bond acceptors (Lipinski definition) is 2. The first-order chi connectivity index (χ1) is 10.2. The van der Waals surface area contributed by atoms with Crippen LogP contribution < -0.4 is 10.6 Å². The molecule has 0 radical (unpaired) electrons. The van der Waals surface area contributed by atoms with Crippen molar-refractivity contribution in [2.45, 2.75) is 65.2 Å². The standard InChI is InChI=1S/C18H30N2O/c1-3-5-6-7-8-9-14-18(21)20(15-4-2)17-13-11-10-12-16(17)19/h10-13H,3-9,14-15,19H2,1-2H3. The van der Waals surface area contributed by atoms with Crippen molar-refractivity contribution in [2.75, 3.05) is 17.2 Å². The fraction of sp³-hybridized carbons (Fsp3) is 0.611. The zero-order valence-corrected chi connectivity index (χ0v) is 13.6. The molecule has 0 spiro atoms. The number of carbonyl (C=O) groups is 1.